The summed E-state index contributed by atoms with van der Waals surface area (Å²) in [5, 5.41) is 8.95. The summed E-state index contributed by atoms with van der Waals surface area (Å²) in [4.78, 5) is 11.2. The number of halogens is 2. The molecular formula is C18H14Br2N2O3. The smallest absolute Gasteiger partial charge is 0.259 e. The van der Waals surface area contributed by atoms with E-state index >= 15 is 0 Å². The Labute approximate surface area is 162 Å². The predicted octanol–water partition coefficient (Wildman–Crippen LogP) is 4.19. The van der Waals surface area contributed by atoms with Gasteiger partial charge < -0.3 is 15.2 Å². The van der Waals surface area contributed by atoms with Crippen LogP contribution in [0, 0.1) is 11.3 Å². The van der Waals surface area contributed by atoms with Crippen LogP contribution in [0.1, 0.15) is 11.1 Å². The number of nitrogens with two attached hydrogens (primary N) is 1. The largest absolute Gasteiger partial charge is 0.493 e. The third-order valence-corrected chi connectivity index (χ3v) is 4.36. The summed E-state index contributed by atoms with van der Waals surface area (Å²) in [6.07, 6.45) is 1.40. The molecule has 2 N–H and O–H groups in total. The number of nitriles is 1. The molecule has 2 rings (SSSR count). The van der Waals surface area contributed by atoms with Crippen molar-refractivity contribution in [2.75, 3.05) is 7.11 Å². The monoisotopic (exact) mass is 464 g/mol. The van der Waals surface area contributed by atoms with E-state index in [0.29, 0.717) is 28.1 Å². The first kappa shape index (κ1) is 19.0. The van der Waals surface area contributed by atoms with Crippen LogP contribution in [0.5, 0.6) is 11.5 Å². The number of ether oxygens (including phenoxy) is 2. The van der Waals surface area contributed by atoms with E-state index < -0.39 is 5.91 Å². The van der Waals surface area contributed by atoms with E-state index in [4.69, 9.17) is 20.5 Å². The van der Waals surface area contributed by atoms with Crippen molar-refractivity contribution in [2.45, 2.75) is 6.61 Å². The topological polar surface area (TPSA) is 85.3 Å². The van der Waals surface area contributed by atoms with Gasteiger partial charge in [0.15, 0.2) is 11.5 Å². The molecule has 5 nitrogen and oxygen atoms in total. The molecule has 7 heteroatoms. The van der Waals surface area contributed by atoms with E-state index in [2.05, 4.69) is 31.9 Å². The molecule has 0 saturated heterocycles. The minimum absolute atomic E-state index is 0.141. The molecule has 0 unspecified atom stereocenters. The highest BCUT2D eigenvalue weighted by atomic mass is 79.9. The van der Waals surface area contributed by atoms with Crippen molar-refractivity contribution in [1.29, 1.82) is 5.26 Å². The first-order valence-electron chi connectivity index (χ1n) is 7.11. The average Bonchev–Trinajstić information content (AvgIpc) is 2.59. The highest BCUT2D eigenvalue weighted by Gasteiger charge is 2.13. The van der Waals surface area contributed by atoms with Gasteiger partial charge in [-0.15, -0.1) is 0 Å². The van der Waals surface area contributed by atoms with Gasteiger partial charge in [0.25, 0.3) is 5.91 Å². The molecule has 0 aliphatic rings. The quantitative estimate of drug-likeness (QED) is 0.511. The average molecular weight is 466 g/mol. The normalized spacial score (nSPS) is 10.9. The lowest BCUT2D eigenvalue weighted by Gasteiger charge is -2.14. The lowest BCUT2D eigenvalue weighted by Crippen LogP contribution is -2.12. The van der Waals surface area contributed by atoms with Gasteiger partial charge in [-0.2, -0.15) is 5.26 Å². The molecule has 0 radical (unpaired) electrons. The second-order valence-electron chi connectivity index (χ2n) is 4.98. The van der Waals surface area contributed by atoms with Crippen molar-refractivity contribution in [1.82, 2.24) is 0 Å². The molecule has 0 atom stereocenters. The van der Waals surface area contributed by atoms with Crippen molar-refractivity contribution >= 4 is 43.8 Å². The maximum Gasteiger partial charge on any atom is 0.259 e. The number of carbonyl (C=O) groups is 1. The summed E-state index contributed by atoms with van der Waals surface area (Å²) in [5.41, 5.74) is 6.61. The summed E-state index contributed by atoms with van der Waals surface area (Å²) in [5.74, 6) is 0.216. The third kappa shape index (κ3) is 5.08. The fourth-order valence-corrected chi connectivity index (χ4v) is 2.86. The fraction of sp³-hybridized carbons (Fsp3) is 0.111. The van der Waals surface area contributed by atoms with Crippen molar-refractivity contribution < 1.29 is 14.3 Å². The molecule has 2 aromatic carbocycles. The molecule has 0 fully saturated rings. The molecule has 0 bridgehead atoms. The minimum Gasteiger partial charge on any atom is -0.493 e. The number of hydrogen-bond donors (Lipinski definition) is 1. The molecule has 0 aromatic heterocycles. The standard InChI is InChI=1S/C18H14Br2N2O3/c1-24-16-8-12(6-13(9-21)18(22)23)7-15(20)17(16)25-10-11-2-4-14(19)5-3-11/h2-8H,10H2,1H3,(H2,22,23)/b13-6+. The highest BCUT2D eigenvalue weighted by Crippen LogP contribution is 2.37. The zero-order valence-corrected chi connectivity index (χ0v) is 16.4. The molecule has 128 valence electrons. The highest BCUT2D eigenvalue weighted by molar-refractivity contribution is 9.10. The summed E-state index contributed by atoms with van der Waals surface area (Å²) >= 11 is 6.82. The molecule has 1 amide bonds. The Hall–Kier alpha value is -2.30. The number of amides is 1. The van der Waals surface area contributed by atoms with Gasteiger partial charge in [-0.1, -0.05) is 28.1 Å². The van der Waals surface area contributed by atoms with Crippen LogP contribution in [0.2, 0.25) is 0 Å². The van der Waals surface area contributed by atoms with E-state index in [-0.39, 0.29) is 5.57 Å². The van der Waals surface area contributed by atoms with Gasteiger partial charge in [-0.05, 0) is 57.4 Å². The molecule has 0 aliphatic carbocycles. The Morgan fingerprint density at radius 1 is 1.28 bits per heavy atom. The van der Waals surface area contributed by atoms with Crippen LogP contribution in [0.3, 0.4) is 0 Å². The lowest BCUT2D eigenvalue weighted by atomic mass is 10.1. The van der Waals surface area contributed by atoms with Gasteiger partial charge in [0.05, 0.1) is 11.6 Å². The Morgan fingerprint density at radius 3 is 2.52 bits per heavy atom. The van der Waals surface area contributed by atoms with Crippen LogP contribution < -0.4 is 15.2 Å². The lowest BCUT2D eigenvalue weighted by molar-refractivity contribution is -0.114. The number of nitrogens with zero attached hydrogens (tertiary/aromatic N) is 1. The molecular weight excluding hydrogens is 452 g/mol. The Morgan fingerprint density at radius 2 is 1.96 bits per heavy atom. The maximum atomic E-state index is 11.2. The molecule has 0 spiro atoms. The SMILES string of the molecule is COc1cc(/C=C(\C#N)C(N)=O)cc(Br)c1OCc1ccc(Br)cc1. The second kappa shape index (κ2) is 8.70. The second-order valence-corrected chi connectivity index (χ2v) is 6.75. The Kier molecular flexibility index (Phi) is 6.62. The van der Waals surface area contributed by atoms with Gasteiger partial charge in [0.2, 0.25) is 0 Å². The first-order valence-corrected chi connectivity index (χ1v) is 8.69. The van der Waals surface area contributed by atoms with E-state index in [0.717, 1.165) is 10.0 Å². The van der Waals surface area contributed by atoms with Gasteiger partial charge in [0.1, 0.15) is 18.2 Å². The van der Waals surface area contributed by atoms with Crippen LogP contribution in [-0.4, -0.2) is 13.0 Å². The van der Waals surface area contributed by atoms with E-state index in [1.165, 1.54) is 13.2 Å². The zero-order chi connectivity index (χ0) is 18.4. The number of methoxy groups -OCH3 is 1. The summed E-state index contributed by atoms with van der Waals surface area (Å²) in [7, 11) is 1.51. The van der Waals surface area contributed by atoms with Crippen LogP contribution in [0.15, 0.2) is 50.9 Å². The van der Waals surface area contributed by atoms with Crippen LogP contribution >= 0.6 is 31.9 Å². The van der Waals surface area contributed by atoms with Crippen LogP contribution in [0.25, 0.3) is 6.08 Å². The van der Waals surface area contributed by atoms with Gasteiger partial charge in [0, 0.05) is 4.47 Å². The van der Waals surface area contributed by atoms with Crippen molar-refractivity contribution in [3.8, 4) is 17.6 Å². The molecule has 0 saturated carbocycles. The zero-order valence-electron chi connectivity index (χ0n) is 13.3. The summed E-state index contributed by atoms with van der Waals surface area (Å²) in [6.45, 7) is 0.363. The van der Waals surface area contributed by atoms with E-state index in [1.807, 2.05) is 24.3 Å². The Balaban J connectivity index is 2.29. The van der Waals surface area contributed by atoms with E-state index in [9.17, 15) is 4.79 Å². The number of carbonyl (C=O) groups excluding carboxylic acids is 1. The molecule has 25 heavy (non-hydrogen) atoms. The van der Waals surface area contributed by atoms with Crippen molar-refractivity contribution in [3.63, 3.8) is 0 Å². The van der Waals surface area contributed by atoms with Gasteiger partial charge in [-0.3, -0.25) is 4.79 Å². The fourth-order valence-electron chi connectivity index (χ4n) is 2.02. The molecule has 0 heterocycles. The first-order chi connectivity index (χ1) is 11.9. The third-order valence-electron chi connectivity index (χ3n) is 3.25. The number of hydrogen-bond acceptors (Lipinski definition) is 4. The Bertz CT molecular complexity index is 856. The molecule has 2 aromatic rings. The number of primary amides is 1. The summed E-state index contributed by atoms with van der Waals surface area (Å²) in [6, 6.07) is 12.9. The van der Waals surface area contributed by atoms with Crippen molar-refractivity contribution in [2.24, 2.45) is 5.73 Å². The predicted molar refractivity (Wildman–Crippen MR) is 102 cm³/mol. The van der Waals surface area contributed by atoms with Gasteiger partial charge >= 0.3 is 0 Å². The van der Waals surface area contributed by atoms with Crippen LogP contribution in [0.4, 0.5) is 0 Å². The minimum atomic E-state index is -0.784. The molecule has 0 aliphatic heterocycles. The summed E-state index contributed by atoms with van der Waals surface area (Å²) < 4.78 is 12.8. The van der Waals surface area contributed by atoms with Crippen LogP contribution in [-0.2, 0) is 11.4 Å². The maximum absolute atomic E-state index is 11.2. The van der Waals surface area contributed by atoms with Crippen molar-refractivity contribution in [3.05, 3.63) is 62.0 Å². The number of benzene rings is 2. The number of rotatable bonds is 6. The van der Waals surface area contributed by atoms with E-state index in [1.54, 1.807) is 18.2 Å². The van der Waals surface area contributed by atoms with Gasteiger partial charge in [-0.25, -0.2) is 0 Å².